The Hall–Kier alpha value is -1.10. The standard InChI is InChI=1S/C15H21ClN2O2/c1-11-10-20-12(2)8-18(11)9-15(19)17-7-13-4-3-5-14(16)6-13/h3-6,11-12H,7-10H2,1-2H3,(H,17,19). The molecule has 20 heavy (non-hydrogen) atoms. The van der Waals surface area contributed by atoms with Crippen molar-refractivity contribution in [3.63, 3.8) is 0 Å². The first-order valence-corrected chi connectivity index (χ1v) is 7.29. The van der Waals surface area contributed by atoms with E-state index in [-0.39, 0.29) is 18.1 Å². The van der Waals surface area contributed by atoms with Crippen LogP contribution in [0.3, 0.4) is 0 Å². The number of rotatable bonds is 4. The first-order valence-electron chi connectivity index (χ1n) is 6.91. The number of carbonyl (C=O) groups excluding carboxylic acids is 1. The zero-order valence-electron chi connectivity index (χ0n) is 11.9. The van der Waals surface area contributed by atoms with Crippen LogP contribution in [0.5, 0.6) is 0 Å². The lowest BCUT2D eigenvalue weighted by molar-refractivity contribution is -0.126. The summed E-state index contributed by atoms with van der Waals surface area (Å²) >= 11 is 5.92. The normalized spacial score (nSPS) is 23.6. The Kier molecular flexibility index (Phi) is 5.40. The molecule has 1 fully saturated rings. The summed E-state index contributed by atoms with van der Waals surface area (Å²) in [6.07, 6.45) is 0.187. The summed E-state index contributed by atoms with van der Waals surface area (Å²) in [5.41, 5.74) is 1.01. The van der Waals surface area contributed by atoms with E-state index in [0.717, 1.165) is 12.1 Å². The van der Waals surface area contributed by atoms with E-state index < -0.39 is 0 Å². The summed E-state index contributed by atoms with van der Waals surface area (Å²) in [7, 11) is 0. The molecule has 1 amide bonds. The number of hydrogen-bond donors (Lipinski definition) is 1. The van der Waals surface area contributed by atoms with Crippen molar-refractivity contribution in [1.82, 2.24) is 10.2 Å². The van der Waals surface area contributed by atoms with Crippen LogP contribution in [0.25, 0.3) is 0 Å². The van der Waals surface area contributed by atoms with Gasteiger partial charge in [-0.05, 0) is 31.5 Å². The van der Waals surface area contributed by atoms with Crippen LogP contribution in [-0.4, -0.2) is 42.6 Å². The molecular weight excluding hydrogens is 276 g/mol. The number of morpholine rings is 1. The summed E-state index contributed by atoms with van der Waals surface area (Å²) in [6.45, 7) is 6.51. The molecule has 1 aromatic rings. The molecule has 1 heterocycles. The molecule has 0 aromatic heterocycles. The molecular formula is C15H21ClN2O2. The molecule has 2 atom stereocenters. The van der Waals surface area contributed by atoms with E-state index in [2.05, 4.69) is 17.1 Å². The van der Waals surface area contributed by atoms with Crippen molar-refractivity contribution in [2.24, 2.45) is 0 Å². The lowest BCUT2D eigenvalue weighted by Gasteiger charge is -2.36. The third-order valence-electron chi connectivity index (χ3n) is 3.46. The van der Waals surface area contributed by atoms with E-state index in [1.807, 2.05) is 31.2 Å². The van der Waals surface area contributed by atoms with Crippen LogP contribution < -0.4 is 5.32 Å². The highest BCUT2D eigenvalue weighted by molar-refractivity contribution is 6.30. The lowest BCUT2D eigenvalue weighted by atomic mass is 10.2. The second kappa shape index (κ2) is 7.07. The van der Waals surface area contributed by atoms with Gasteiger partial charge < -0.3 is 10.1 Å². The minimum absolute atomic E-state index is 0.0333. The van der Waals surface area contributed by atoms with Gasteiger partial charge in [-0.1, -0.05) is 23.7 Å². The molecule has 0 bridgehead atoms. The number of ether oxygens (including phenoxy) is 1. The van der Waals surface area contributed by atoms with Gasteiger partial charge in [0.15, 0.2) is 0 Å². The van der Waals surface area contributed by atoms with Gasteiger partial charge in [0.25, 0.3) is 0 Å². The summed E-state index contributed by atoms with van der Waals surface area (Å²) in [5, 5.41) is 3.62. The highest BCUT2D eigenvalue weighted by atomic mass is 35.5. The average Bonchev–Trinajstić information content (AvgIpc) is 2.41. The molecule has 1 aromatic carbocycles. The van der Waals surface area contributed by atoms with E-state index in [1.54, 1.807) is 0 Å². The van der Waals surface area contributed by atoms with Crippen LogP contribution >= 0.6 is 11.6 Å². The van der Waals surface area contributed by atoms with E-state index in [4.69, 9.17) is 16.3 Å². The smallest absolute Gasteiger partial charge is 0.234 e. The van der Waals surface area contributed by atoms with Gasteiger partial charge in [0, 0.05) is 24.2 Å². The second-order valence-corrected chi connectivity index (χ2v) is 5.77. The van der Waals surface area contributed by atoms with Gasteiger partial charge in [-0.15, -0.1) is 0 Å². The van der Waals surface area contributed by atoms with Gasteiger partial charge in [0.05, 0.1) is 19.3 Å². The third kappa shape index (κ3) is 4.47. The van der Waals surface area contributed by atoms with Crippen LogP contribution in [0, 0.1) is 0 Å². The number of amides is 1. The molecule has 1 aliphatic heterocycles. The highest BCUT2D eigenvalue weighted by Crippen LogP contribution is 2.12. The van der Waals surface area contributed by atoms with Crippen molar-refractivity contribution in [3.05, 3.63) is 34.9 Å². The minimum atomic E-state index is 0.0333. The van der Waals surface area contributed by atoms with Gasteiger partial charge in [-0.2, -0.15) is 0 Å². The number of benzene rings is 1. The van der Waals surface area contributed by atoms with Gasteiger partial charge in [0.1, 0.15) is 0 Å². The molecule has 0 radical (unpaired) electrons. The monoisotopic (exact) mass is 296 g/mol. The number of hydrogen-bond acceptors (Lipinski definition) is 3. The van der Waals surface area contributed by atoms with Crippen molar-refractivity contribution in [3.8, 4) is 0 Å². The summed E-state index contributed by atoms with van der Waals surface area (Å²) in [6, 6.07) is 7.80. The van der Waals surface area contributed by atoms with Crippen LogP contribution in [0.1, 0.15) is 19.4 Å². The second-order valence-electron chi connectivity index (χ2n) is 5.33. The molecule has 110 valence electrons. The predicted octanol–water partition coefficient (Wildman–Crippen LogP) is 2.07. The predicted molar refractivity (Wildman–Crippen MR) is 79.7 cm³/mol. The number of nitrogens with zero attached hydrogens (tertiary/aromatic N) is 1. The highest BCUT2D eigenvalue weighted by Gasteiger charge is 2.24. The topological polar surface area (TPSA) is 41.6 Å². The Labute approximate surface area is 125 Å². The molecule has 1 N–H and O–H groups in total. The average molecular weight is 297 g/mol. The molecule has 1 saturated heterocycles. The Morgan fingerprint density at radius 1 is 1.50 bits per heavy atom. The zero-order valence-corrected chi connectivity index (χ0v) is 12.7. The molecule has 2 rings (SSSR count). The van der Waals surface area contributed by atoms with E-state index in [0.29, 0.717) is 24.7 Å². The molecule has 5 heteroatoms. The van der Waals surface area contributed by atoms with E-state index >= 15 is 0 Å². The van der Waals surface area contributed by atoms with Crippen molar-refractivity contribution in [2.75, 3.05) is 19.7 Å². The van der Waals surface area contributed by atoms with Crippen LogP contribution in [-0.2, 0) is 16.1 Å². The Morgan fingerprint density at radius 3 is 3.05 bits per heavy atom. The SMILES string of the molecule is CC1CN(CC(=O)NCc2cccc(Cl)c2)C(C)CO1. The number of halogens is 1. The fraction of sp³-hybridized carbons (Fsp3) is 0.533. The van der Waals surface area contributed by atoms with Crippen molar-refractivity contribution >= 4 is 17.5 Å². The zero-order chi connectivity index (χ0) is 14.5. The largest absolute Gasteiger partial charge is 0.376 e. The van der Waals surface area contributed by atoms with Crippen LogP contribution in [0.2, 0.25) is 5.02 Å². The maximum Gasteiger partial charge on any atom is 0.234 e. The fourth-order valence-electron chi connectivity index (χ4n) is 2.28. The van der Waals surface area contributed by atoms with Crippen LogP contribution in [0.4, 0.5) is 0 Å². The van der Waals surface area contributed by atoms with Crippen molar-refractivity contribution in [2.45, 2.75) is 32.5 Å². The van der Waals surface area contributed by atoms with Crippen molar-refractivity contribution < 1.29 is 9.53 Å². The Bertz CT molecular complexity index is 467. The first kappa shape index (κ1) is 15.3. The molecule has 0 aliphatic carbocycles. The quantitative estimate of drug-likeness (QED) is 0.925. The molecule has 0 spiro atoms. The first-order chi connectivity index (χ1) is 9.54. The van der Waals surface area contributed by atoms with Gasteiger partial charge >= 0.3 is 0 Å². The van der Waals surface area contributed by atoms with Crippen molar-refractivity contribution in [1.29, 1.82) is 0 Å². The Balaban J connectivity index is 1.80. The minimum Gasteiger partial charge on any atom is -0.376 e. The lowest BCUT2D eigenvalue weighted by Crippen LogP contribution is -2.50. The Morgan fingerprint density at radius 2 is 2.30 bits per heavy atom. The molecule has 2 unspecified atom stereocenters. The molecule has 4 nitrogen and oxygen atoms in total. The summed E-state index contributed by atoms with van der Waals surface area (Å²) in [4.78, 5) is 14.1. The number of carbonyl (C=O) groups is 1. The van der Waals surface area contributed by atoms with E-state index in [1.165, 1.54) is 0 Å². The van der Waals surface area contributed by atoms with E-state index in [9.17, 15) is 4.79 Å². The fourth-order valence-corrected chi connectivity index (χ4v) is 2.49. The maximum absolute atomic E-state index is 12.0. The summed E-state index contributed by atoms with van der Waals surface area (Å²) in [5.74, 6) is 0.0333. The van der Waals surface area contributed by atoms with Gasteiger partial charge in [-0.3, -0.25) is 9.69 Å². The molecule has 0 saturated carbocycles. The maximum atomic E-state index is 12.0. The summed E-state index contributed by atoms with van der Waals surface area (Å²) < 4.78 is 5.56. The third-order valence-corrected chi connectivity index (χ3v) is 3.70. The molecule has 1 aliphatic rings. The van der Waals surface area contributed by atoms with Crippen LogP contribution in [0.15, 0.2) is 24.3 Å². The van der Waals surface area contributed by atoms with Gasteiger partial charge in [-0.25, -0.2) is 0 Å². The number of nitrogens with one attached hydrogen (secondary N) is 1. The van der Waals surface area contributed by atoms with Gasteiger partial charge in [0.2, 0.25) is 5.91 Å².